The number of aliphatic hydroxyl groups is 1. The Morgan fingerprint density at radius 3 is 2.47 bits per heavy atom. The summed E-state index contributed by atoms with van der Waals surface area (Å²) in [6, 6.07) is 2.81. The molecule has 1 aromatic carbocycles. The molecule has 19 heavy (non-hydrogen) atoms. The zero-order valence-corrected chi connectivity index (χ0v) is 10.5. The lowest BCUT2D eigenvalue weighted by atomic mass is 10.2. The minimum Gasteiger partial charge on any atom is -0.450 e. The lowest BCUT2D eigenvalue weighted by Crippen LogP contribution is -2.37. The molecule has 0 bridgehead atoms. The number of hydrogen-bond acceptors (Lipinski definition) is 6. The van der Waals surface area contributed by atoms with Crippen LogP contribution in [0.5, 0.6) is 5.75 Å². The van der Waals surface area contributed by atoms with E-state index in [4.69, 9.17) is 4.74 Å². The fraction of sp³-hybridized carbons (Fsp3) is 0.455. The second kappa shape index (κ2) is 6.10. The predicted molar refractivity (Wildman–Crippen MR) is 65.5 cm³/mol. The molecule has 1 N–H and O–H groups in total. The van der Waals surface area contributed by atoms with E-state index in [1.165, 1.54) is 19.1 Å². The van der Waals surface area contributed by atoms with Gasteiger partial charge in [0.2, 0.25) is 5.75 Å². The summed E-state index contributed by atoms with van der Waals surface area (Å²) in [5.41, 5.74) is 0.312. The number of ether oxygens (including phenoxy) is 1. The van der Waals surface area contributed by atoms with E-state index >= 15 is 0 Å². The molecule has 1 aromatic rings. The van der Waals surface area contributed by atoms with E-state index in [0.29, 0.717) is 5.56 Å². The van der Waals surface area contributed by atoms with E-state index in [0.717, 1.165) is 0 Å². The highest BCUT2D eigenvalue weighted by molar-refractivity contribution is 5.48. The molecule has 1 rings (SSSR count). The maximum absolute atomic E-state index is 10.8. The van der Waals surface area contributed by atoms with E-state index in [9.17, 15) is 25.3 Å². The van der Waals surface area contributed by atoms with Crippen molar-refractivity contribution in [3.05, 3.63) is 44.0 Å². The fourth-order valence-corrected chi connectivity index (χ4v) is 1.53. The Balaban J connectivity index is 2.99. The predicted octanol–water partition coefficient (Wildman–Crippen LogP) is 1.66. The summed E-state index contributed by atoms with van der Waals surface area (Å²) in [5.74, 6) is -0.191. The maximum atomic E-state index is 10.8. The molecule has 0 saturated carbocycles. The average molecular weight is 270 g/mol. The monoisotopic (exact) mass is 270 g/mol. The van der Waals surface area contributed by atoms with Crippen molar-refractivity contribution in [3.8, 4) is 5.75 Å². The largest absolute Gasteiger partial charge is 0.450 e. The van der Waals surface area contributed by atoms with Crippen LogP contribution in [-0.4, -0.2) is 27.3 Å². The first-order valence-corrected chi connectivity index (χ1v) is 5.60. The molecule has 8 heteroatoms. The lowest BCUT2D eigenvalue weighted by molar-refractivity contribution is -0.544. The Bertz CT molecular complexity index is 490. The van der Waals surface area contributed by atoms with Crippen LogP contribution in [0.15, 0.2) is 18.2 Å². The van der Waals surface area contributed by atoms with Gasteiger partial charge in [-0.05, 0) is 18.6 Å². The Morgan fingerprint density at radius 1 is 1.37 bits per heavy atom. The Labute approximate surface area is 108 Å². The number of hydrogen-bond donors (Lipinski definition) is 1. The van der Waals surface area contributed by atoms with Gasteiger partial charge in [0.05, 0.1) is 4.92 Å². The van der Waals surface area contributed by atoms with Crippen LogP contribution in [0, 0.1) is 27.2 Å². The highest BCUT2D eigenvalue weighted by Crippen LogP contribution is 2.29. The van der Waals surface area contributed by atoms with Crippen molar-refractivity contribution in [2.45, 2.75) is 32.6 Å². The molecule has 0 heterocycles. The van der Waals surface area contributed by atoms with E-state index in [1.54, 1.807) is 13.0 Å². The third-order valence-electron chi connectivity index (χ3n) is 2.58. The molecule has 2 atom stereocenters. The van der Waals surface area contributed by atoms with Crippen molar-refractivity contribution in [3.63, 3.8) is 0 Å². The maximum Gasteiger partial charge on any atom is 0.311 e. The van der Waals surface area contributed by atoms with Gasteiger partial charge in [0.25, 0.3) is 12.3 Å². The fourth-order valence-electron chi connectivity index (χ4n) is 1.53. The van der Waals surface area contributed by atoms with Gasteiger partial charge in [-0.1, -0.05) is 13.0 Å². The van der Waals surface area contributed by atoms with Crippen LogP contribution in [0.25, 0.3) is 0 Å². The van der Waals surface area contributed by atoms with Crippen molar-refractivity contribution in [2.24, 2.45) is 0 Å². The minimum absolute atomic E-state index is 0.0494. The molecule has 8 nitrogen and oxygen atoms in total. The lowest BCUT2D eigenvalue weighted by Gasteiger charge is -2.16. The summed E-state index contributed by atoms with van der Waals surface area (Å²) < 4.78 is 4.95. The highest BCUT2D eigenvalue weighted by Gasteiger charge is 2.31. The number of aryl methyl sites for hydroxylation is 1. The smallest absolute Gasteiger partial charge is 0.311 e. The zero-order chi connectivity index (χ0) is 14.6. The molecule has 0 radical (unpaired) electrons. The van der Waals surface area contributed by atoms with Crippen molar-refractivity contribution in [1.82, 2.24) is 0 Å². The summed E-state index contributed by atoms with van der Waals surface area (Å²) in [7, 11) is 0. The number of benzene rings is 1. The van der Waals surface area contributed by atoms with E-state index in [2.05, 4.69) is 0 Å². The molecule has 104 valence electrons. The van der Waals surface area contributed by atoms with Crippen LogP contribution in [0.2, 0.25) is 0 Å². The first kappa shape index (κ1) is 14.8. The summed E-state index contributed by atoms with van der Waals surface area (Å²) in [4.78, 5) is 20.2. The zero-order valence-electron chi connectivity index (χ0n) is 10.5. The molecule has 0 aliphatic heterocycles. The normalized spacial score (nSPS) is 13.6. The number of nitro benzene ring substituents is 1. The third-order valence-corrected chi connectivity index (χ3v) is 2.58. The molecule has 0 aliphatic carbocycles. The minimum atomic E-state index is -1.73. The van der Waals surface area contributed by atoms with Gasteiger partial charge in [-0.3, -0.25) is 20.2 Å². The summed E-state index contributed by atoms with van der Waals surface area (Å²) >= 11 is 0. The van der Waals surface area contributed by atoms with Crippen LogP contribution in [0.3, 0.4) is 0 Å². The van der Waals surface area contributed by atoms with Gasteiger partial charge in [-0.2, -0.15) is 0 Å². The molecule has 0 aliphatic rings. The molecule has 0 saturated heterocycles. The topological polar surface area (TPSA) is 116 Å². The highest BCUT2D eigenvalue weighted by atomic mass is 16.7. The van der Waals surface area contributed by atoms with Crippen LogP contribution in [-0.2, 0) is 0 Å². The SMILES string of the molecule is CCC(C(O)Oc1ccc(C)cc1[N+](=O)[O-])[N+](=O)[O-]. The number of aliphatic hydroxyl groups excluding tert-OH is 1. The molecule has 0 fully saturated rings. The quantitative estimate of drug-likeness (QED) is 0.477. The Kier molecular flexibility index (Phi) is 4.76. The van der Waals surface area contributed by atoms with E-state index < -0.39 is 22.2 Å². The number of nitrogens with zero attached hydrogens (tertiary/aromatic N) is 2. The van der Waals surface area contributed by atoms with E-state index in [1.807, 2.05) is 0 Å². The molecule has 0 amide bonds. The van der Waals surface area contributed by atoms with Gasteiger partial charge >= 0.3 is 5.69 Å². The van der Waals surface area contributed by atoms with Crippen molar-refractivity contribution in [2.75, 3.05) is 0 Å². The van der Waals surface area contributed by atoms with Gasteiger partial charge in [-0.15, -0.1) is 0 Å². The third kappa shape index (κ3) is 3.62. The van der Waals surface area contributed by atoms with Crippen LogP contribution in [0.4, 0.5) is 5.69 Å². The second-order valence-electron chi connectivity index (χ2n) is 4.00. The van der Waals surface area contributed by atoms with Crippen molar-refractivity contribution >= 4 is 5.69 Å². The second-order valence-corrected chi connectivity index (χ2v) is 4.00. The van der Waals surface area contributed by atoms with Crippen LogP contribution < -0.4 is 4.74 Å². The summed E-state index contributed by atoms with van der Waals surface area (Å²) in [6.07, 6.45) is -1.69. The number of nitro groups is 2. The van der Waals surface area contributed by atoms with Crippen molar-refractivity contribution < 1.29 is 19.7 Å². The van der Waals surface area contributed by atoms with Crippen LogP contribution >= 0.6 is 0 Å². The van der Waals surface area contributed by atoms with Gasteiger partial charge < -0.3 is 9.84 Å². The Morgan fingerprint density at radius 2 is 2.00 bits per heavy atom. The summed E-state index contributed by atoms with van der Waals surface area (Å²) in [5, 5.41) is 31.1. The van der Waals surface area contributed by atoms with Gasteiger partial charge in [0, 0.05) is 17.4 Å². The number of rotatable bonds is 6. The molecular formula is C11H14N2O6. The molecule has 2 unspecified atom stereocenters. The van der Waals surface area contributed by atoms with Gasteiger partial charge in [0.1, 0.15) is 0 Å². The molecule has 0 aromatic heterocycles. The first-order chi connectivity index (χ1) is 8.86. The molecular weight excluding hydrogens is 256 g/mol. The van der Waals surface area contributed by atoms with E-state index in [-0.39, 0.29) is 17.9 Å². The van der Waals surface area contributed by atoms with Gasteiger partial charge in [0.15, 0.2) is 0 Å². The first-order valence-electron chi connectivity index (χ1n) is 5.60. The standard InChI is InChI=1S/C11H14N2O6/c1-3-8(12(15)16)11(14)19-10-5-4-7(2)6-9(10)13(17)18/h4-6,8,11,14H,3H2,1-2H3. The van der Waals surface area contributed by atoms with Crippen LogP contribution in [0.1, 0.15) is 18.9 Å². The Hall–Kier alpha value is -2.22. The summed E-state index contributed by atoms with van der Waals surface area (Å²) in [6.45, 7) is 3.18. The molecule has 0 spiro atoms. The van der Waals surface area contributed by atoms with Crippen molar-refractivity contribution in [1.29, 1.82) is 0 Å². The van der Waals surface area contributed by atoms with Gasteiger partial charge in [-0.25, -0.2) is 0 Å². The average Bonchev–Trinajstić information content (AvgIpc) is 2.31.